The van der Waals surface area contributed by atoms with Crippen LogP contribution in [0.5, 0.6) is 0 Å². The van der Waals surface area contributed by atoms with Crippen molar-refractivity contribution < 1.29 is 4.79 Å². The van der Waals surface area contributed by atoms with Gasteiger partial charge in [-0.15, -0.1) is 0 Å². The molecule has 0 atom stereocenters. The molecule has 2 aromatic heterocycles. The van der Waals surface area contributed by atoms with E-state index in [1.54, 1.807) is 24.4 Å². The van der Waals surface area contributed by atoms with E-state index in [0.717, 1.165) is 10.9 Å². The minimum Gasteiger partial charge on any atom is -0.399 e. The highest BCUT2D eigenvalue weighted by Gasteiger charge is 2.12. The Bertz CT molecular complexity index is 829. The lowest BCUT2D eigenvalue weighted by atomic mass is 10.1. The van der Waals surface area contributed by atoms with Crippen molar-refractivity contribution in [3.05, 3.63) is 52.4 Å². The first-order chi connectivity index (χ1) is 9.63. The largest absolute Gasteiger partial charge is 0.399 e. The zero-order chi connectivity index (χ0) is 14.1. The van der Waals surface area contributed by atoms with E-state index < -0.39 is 0 Å². The summed E-state index contributed by atoms with van der Waals surface area (Å²) >= 11 is 0. The van der Waals surface area contributed by atoms with Crippen LogP contribution in [0.1, 0.15) is 10.4 Å². The number of hydrogen-bond donors (Lipinski definition) is 4. The number of rotatable bonds is 2. The molecule has 0 bridgehead atoms. The molecule has 0 radical (unpaired) electrons. The third-order valence-electron chi connectivity index (χ3n) is 2.87. The summed E-state index contributed by atoms with van der Waals surface area (Å²) in [6.45, 7) is 0. The average Bonchev–Trinajstić information content (AvgIpc) is 2.84. The van der Waals surface area contributed by atoms with E-state index in [0.29, 0.717) is 11.3 Å². The number of hydrogen-bond acceptors (Lipinski definition) is 4. The Hall–Kier alpha value is -3.09. The lowest BCUT2D eigenvalue weighted by Gasteiger charge is -2.02. The summed E-state index contributed by atoms with van der Waals surface area (Å²) in [7, 11) is 0. The number of aromatic amines is 2. The van der Waals surface area contributed by atoms with Crippen molar-refractivity contribution in [2.24, 2.45) is 0 Å². The van der Waals surface area contributed by atoms with Crippen LogP contribution in [0.25, 0.3) is 10.9 Å². The standard InChI is InChI=1S/C13H11N5O2/c14-7-1-2-10-8(5-7)9(6-15-10)13(20)16-11-3-4-12(19)18-17-11/h1-6,15H,14H2,(H,18,19)(H,16,17,20). The predicted octanol–water partition coefficient (Wildman–Crippen LogP) is 1.09. The Morgan fingerprint density at radius 1 is 1.25 bits per heavy atom. The van der Waals surface area contributed by atoms with Crippen molar-refractivity contribution in [3.8, 4) is 0 Å². The van der Waals surface area contributed by atoms with Crippen molar-refractivity contribution in [2.45, 2.75) is 0 Å². The molecule has 100 valence electrons. The summed E-state index contributed by atoms with van der Waals surface area (Å²) < 4.78 is 0. The number of carbonyl (C=O) groups excluding carboxylic acids is 1. The summed E-state index contributed by atoms with van der Waals surface area (Å²) in [4.78, 5) is 26.1. The Labute approximate surface area is 112 Å². The molecule has 5 N–H and O–H groups in total. The second kappa shape index (κ2) is 4.54. The average molecular weight is 269 g/mol. The van der Waals surface area contributed by atoms with Crippen molar-refractivity contribution in [1.29, 1.82) is 0 Å². The molecular formula is C13H11N5O2. The van der Waals surface area contributed by atoms with E-state index >= 15 is 0 Å². The molecule has 0 saturated carbocycles. The van der Waals surface area contributed by atoms with Crippen LogP contribution in [0.3, 0.4) is 0 Å². The van der Waals surface area contributed by atoms with Gasteiger partial charge in [0.05, 0.1) is 5.56 Å². The Kier molecular flexibility index (Phi) is 2.72. The van der Waals surface area contributed by atoms with Gasteiger partial charge in [-0.3, -0.25) is 9.59 Å². The van der Waals surface area contributed by atoms with E-state index in [-0.39, 0.29) is 17.3 Å². The number of aromatic nitrogens is 3. The molecule has 0 fully saturated rings. The summed E-state index contributed by atoms with van der Waals surface area (Å²) in [5.74, 6) is -0.0609. The fourth-order valence-electron chi connectivity index (χ4n) is 1.92. The van der Waals surface area contributed by atoms with Crippen LogP contribution < -0.4 is 16.6 Å². The molecule has 3 rings (SSSR count). The fraction of sp³-hybridized carbons (Fsp3) is 0. The van der Waals surface area contributed by atoms with E-state index in [4.69, 9.17) is 5.73 Å². The number of benzene rings is 1. The lowest BCUT2D eigenvalue weighted by Crippen LogP contribution is -2.15. The number of nitrogens with one attached hydrogen (secondary N) is 3. The molecule has 7 heteroatoms. The van der Waals surface area contributed by atoms with Crippen LogP contribution in [0, 0.1) is 0 Å². The first-order valence-electron chi connectivity index (χ1n) is 5.87. The Morgan fingerprint density at radius 3 is 2.85 bits per heavy atom. The molecule has 0 spiro atoms. The van der Waals surface area contributed by atoms with Crippen molar-refractivity contribution in [1.82, 2.24) is 15.2 Å². The number of fused-ring (bicyclic) bond motifs is 1. The first-order valence-corrected chi connectivity index (χ1v) is 5.87. The molecule has 7 nitrogen and oxygen atoms in total. The molecule has 0 unspecified atom stereocenters. The molecule has 0 aliphatic heterocycles. The van der Waals surface area contributed by atoms with Gasteiger partial charge < -0.3 is 16.0 Å². The van der Waals surface area contributed by atoms with E-state index in [1.165, 1.54) is 12.1 Å². The molecule has 1 aromatic carbocycles. The van der Waals surface area contributed by atoms with Gasteiger partial charge in [0.25, 0.3) is 11.5 Å². The number of amides is 1. The summed E-state index contributed by atoms with van der Waals surface area (Å²) in [6, 6.07) is 8.00. The third kappa shape index (κ3) is 2.12. The van der Waals surface area contributed by atoms with Gasteiger partial charge in [0.2, 0.25) is 0 Å². The van der Waals surface area contributed by atoms with Crippen molar-refractivity contribution >= 4 is 28.3 Å². The van der Waals surface area contributed by atoms with E-state index in [9.17, 15) is 9.59 Å². The zero-order valence-corrected chi connectivity index (χ0v) is 10.3. The fourth-order valence-corrected chi connectivity index (χ4v) is 1.92. The Balaban J connectivity index is 1.94. The van der Waals surface area contributed by atoms with E-state index in [2.05, 4.69) is 20.5 Å². The number of nitrogens with two attached hydrogens (primary N) is 1. The normalized spacial score (nSPS) is 10.6. The second-order valence-electron chi connectivity index (χ2n) is 4.27. The van der Waals surface area contributed by atoms with Crippen LogP contribution in [0.4, 0.5) is 11.5 Å². The smallest absolute Gasteiger partial charge is 0.264 e. The highest BCUT2D eigenvalue weighted by atomic mass is 16.2. The molecule has 3 aromatic rings. The van der Waals surface area contributed by atoms with Gasteiger partial charge in [-0.2, -0.15) is 5.10 Å². The van der Waals surface area contributed by atoms with Gasteiger partial charge in [0, 0.05) is 28.9 Å². The van der Waals surface area contributed by atoms with Crippen LogP contribution in [-0.2, 0) is 0 Å². The summed E-state index contributed by atoms with van der Waals surface area (Å²) in [5.41, 5.74) is 7.25. The number of nitrogens with zero attached hydrogens (tertiary/aromatic N) is 1. The number of carbonyl (C=O) groups is 1. The van der Waals surface area contributed by atoms with Gasteiger partial charge in [0.1, 0.15) is 0 Å². The minimum atomic E-state index is -0.332. The molecule has 0 aliphatic carbocycles. The van der Waals surface area contributed by atoms with Gasteiger partial charge in [-0.1, -0.05) is 0 Å². The maximum absolute atomic E-state index is 12.2. The first kappa shape index (κ1) is 12.0. The lowest BCUT2D eigenvalue weighted by molar-refractivity contribution is 0.102. The number of anilines is 2. The molecule has 0 saturated heterocycles. The third-order valence-corrected chi connectivity index (χ3v) is 2.87. The monoisotopic (exact) mass is 269 g/mol. The molecule has 1 amide bonds. The molecule has 2 heterocycles. The van der Waals surface area contributed by atoms with Gasteiger partial charge in [-0.25, -0.2) is 5.10 Å². The van der Waals surface area contributed by atoms with Crippen LogP contribution in [0.15, 0.2) is 41.3 Å². The topological polar surface area (TPSA) is 117 Å². The van der Waals surface area contributed by atoms with Gasteiger partial charge in [-0.05, 0) is 24.3 Å². The summed E-state index contributed by atoms with van der Waals surface area (Å²) in [6.07, 6.45) is 1.60. The maximum atomic E-state index is 12.2. The van der Waals surface area contributed by atoms with Gasteiger partial charge in [0.15, 0.2) is 5.82 Å². The van der Waals surface area contributed by atoms with Crippen LogP contribution in [-0.4, -0.2) is 21.1 Å². The summed E-state index contributed by atoms with van der Waals surface area (Å²) in [5, 5.41) is 9.30. The van der Waals surface area contributed by atoms with Gasteiger partial charge >= 0.3 is 0 Å². The Morgan fingerprint density at radius 2 is 2.10 bits per heavy atom. The van der Waals surface area contributed by atoms with E-state index in [1.807, 2.05) is 0 Å². The quantitative estimate of drug-likeness (QED) is 0.521. The molecule has 20 heavy (non-hydrogen) atoms. The SMILES string of the molecule is Nc1ccc2[nH]cc(C(=O)Nc3ccc(=O)[nH]n3)c2c1. The van der Waals surface area contributed by atoms with Crippen molar-refractivity contribution in [2.75, 3.05) is 11.1 Å². The minimum absolute atomic E-state index is 0.271. The highest BCUT2D eigenvalue weighted by molar-refractivity contribution is 6.12. The maximum Gasteiger partial charge on any atom is 0.264 e. The predicted molar refractivity (Wildman–Crippen MR) is 75.5 cm³/mol. The highest BCUT2D eigenvalue weighted by Crippen LogP contribution is 2.21. The second-order valence-corrected chi connectivity index (χ2v) is 4.27. The van der Waals surface area contributed by atoms with Crippen molar-refractivity contribution in [3.63, 3.8) is 0 Å². The number of nitrogen functional groups attached to an aromatic ring is 1. The number of H-pyrrole nitrogens is 2. The van der Waals surface area contributed by atoms with Crippen LogP contribution >= 0.6 is 0 Å². The zero-order valence-electron chi connectivity index (χ0n) is 10.3. The van der Waals surface area contributed by atoms with Crippen LogP contribution in [0.2, 0.25) is 0 Å². The molecular weight excluding hydrogens is 258 g/mol. The molecule has 0 aliphatic rings.